The number of benzene rings is 12. The molecule has 0 unspecified atom stereocenters. The summed E-state index contributed by atoms with van der Waals surface area (Å²) in [6, 6.07) is 86.9. The molecule has 0 bridgehead atoms. The molecule has 0 aliphatic heterocycles. The Balaban J connectivity index is 1.04. The van der Waals surface area contributed by atoms with Gasteiger partial charge in [0, 0.05) is 16.8 Å². The molecule has 0 atom stereocenters. The normalized spacial score (nSPS) is 11.6. The van der Waals surface area contributed by atoms with E-state index >= 15 is 0 Å². The lowest BCUT2D eigenvalue weighted by atomic mass is 9.84. The summed E-state index contributed by atoms with van der Waals surface area (Å²) in [5, 5.41) is 15.0. The lowest BCUT2D eigenvalue weighted by Gasteiger charge is -2.28. The molecule has 0 saturated carbocycles. The first-order chi connectivity index (χ1) is 30.3. The van der Waals surface area contributed by atoms with Gasteiger partial charge in [0.1, 0.15) is 0 Å². The Morgan fingerprint density at radius 1 is 0.213 bits per heavy atom. The highest BCUT2D eigenvalue weighted by Gasteiger charge is 2.20. The third-order valence-electron chi connectivity index (χ3n) is 12.6. The fraction of sp³-hybridized carbons (Fsp3) is 0. The van der Waals surface area contributed by atoms with E-state index in [0.717, 1.165) is 17.1 Å². The molecule has 0 amide bonds. The SMILES string of the molecule is c1ccc(-c2c(-c3ccccc3)c3cc(-c4ccc(N(c5ccc6c(ccc7ccccc76)c5)c5cccc6c5ccc5ccccc56)cc4)ccc3c3ccccc23)cc1. The van der Waals surface area contributed by atoms with Gasteiger partial charge in [-0.2, -0.15) is 0 Å². The minimum absolute atomic E-state index is 1.10. The van der Waals surface area contributed by atoms with Crippen molar-refractivity contribution in [1.29, 1.82) is 0 Å². The molecule has 12 aromatic carbocycles. The fourth-order valence-corrected chi connectivity index (χ4v) is 9.77. The van der Waals surface area contributed by atoms with Gasteiger partial charge in [0.05, 0.1) is 5.69 Å². The average Bonchev–Trinajstić information content (AvgIpc) is 3.34. The van der Waals surface area contributed by atoms with Crippen molar-refractivity contribution in [1.82, 2.24) is 0 Å². The molecule has 0 spiro atoms. The summed E-state index contributed by atoms with van der Waals surface area (Å²) in [4.78, 5) is 2.43. The van der Waals surface area contributed by atoms with Crippen molar-refractivity contribution in [2.75, 3.05) is 4.90 Å². The van der Waals surface area contributed by atoms with Crippen LogP contribution in [0, 0.1) is 0 Å². The first-order valence-electron chi connectivity index (χ1n) is 21.1. The molecular formula is C60H39N. The molecule has 284 valence electrons. The van der Waals surface area contributed by atoms with E-state index in [1.807, 2.05) is 0 Å². The van der Waals surface area contributed by atoms with Crippen LogP contribution in [0.25, 0.3) is 98.0 Å². The lowest BCUT2D eigenvalue weighted by molar-refractivity contribution is 1.30. The molecule has 0 saturated heterocycles. The first kappa shape index (κ1) is 35.0. The van der Waals surface area contributed by atoms with Crippen LogP contribution in [0.5, 0.6) is 0 Å². The average molecular weight is 774 g/mol. The summed E-state index contributed by atoms with van der Waals surface area (Å²) in [5.74, 6) is 0. The van der Waals surface area contributed by atoms with Gasteiger partial charge in [-0.05, 0) is 129 Å². The predicted molar refractivity (Wildman–Crippen MR) is 262 cm³/mol. The summed E-state index contributed by atoms with van der Waals surface area (Å²) < 4.78 is 0. The summed E-state index contributed by atoms with van der Waals surface area (Å²) in [5.41, 5.74) is 10.7. The van der Waals surface area contributed by atoms with Gasteiger partial charge in [-0.1, -0.05) is 200 Å². The minimum atomic E-state index is 1.10. The second-order valence-electron chi connectivity index (χ2n) is 16.0. The third-order valence-corrected chi connectivity index (χ3v) is 12.6. The number of fused-ring (bicyclic) bond motifs is 9. The first-order valence-corrected chi connectivity index (χ1v) is 21.1. The largest absolute Gasteiger partial charge is 0.310 e. The van der Waals surface area contributed by atoms with Crippen LogP contribution in [0.2, 0.25) is 0 Å². The molecule has 0 aliphatic carbocycles. The zero-order chi connectivity index (χ0) is 40.3. The van der Waals surface area contributed by atoms with E-state index in [4.69, 9.17) is 0 Å². The maximum Gasteiger partial charge on any atom is 0.0540 e. The van der Waals surface area contributed by atoms with E-state index in [1.54, 1.807) is 0 Å². The summed E-state index contributed by atoms with van der Waals surface area (Å²) in [6.07, 6.45) is 0. The van der Waals surface area contributed by atoms with Crippen molar-refractivity contribution < 1.29 is 0 Å². The second kappa shape index (κ2) is 14.4. The quantitative estimate of drug-likeness (QED) is 0.152. The number of rotatable bonds is 6. The van der Waals surface area contributed by atoms with Gasteiger partial charge in [-0.3, -0.25) is 0 Å². The molecule has 0 radical (unpaired) electrons. The summed E-state index contributed by atoms with van der Waals surface area (Å²) in [6.45, 7) is 0. The van der Waals surface area contributed by atoms with Gasteiger partial charge >= 0.3 is 0 Å². The van der Waals surface area contributed by atoms with E-state index in [2.05, 4.69) is 241 Å². The van der Waals surface area contributed by atoms with Crippen molar-refractivity contribution in [3.63, 3.8) is 0 Å². The van der Waals surface area contributed by atoms with E-state index < -0.39 is 0 Å². The van der Waals surface area contributed by atoms with Gasteiger partial charge in [-0.15, -0.1) is 0 Å². The molecular weight excluding hydrogens is 735 g/mol. The summed E-state index contributed by atoms with van der Waals surface area (Å²) in [7, 11) is 0. The Labute approximate surface area is 355 Å². The monoisotopic (exact) mass is 773 g/mol. The number of anilines is 3. The van der Waals surface area contributed by atoms with Gasteiger partial charge in [0.25, 0.3) is 0 Å². The van der Waals surface area contributed by atoms with Crippen LogP contribution < -0.4 is 4.90 Å². The van der Waals surface area contributed by atoms with Crippen molar-refractivity contribution in [3.05, 3.63) is 237 Å². The lowest BCUT2D eigenvalue weighted by Crippen LogP contribution is -2.10. The standard InChI is InChI=1S/C60H39N/c1-3-16-43(17-4-1)59-56-23-12-11-22-53(56)54-35-31-45(39-57(54)60(59)44-18-5-2-6-19-44)40-28-32-47(33-29-40)61(48-34-37-51-46(38-48)27-26-41-14-7-9-20-49(41)51)58-25-13-24-52-50-21-10-8-15-42(50)30-36-55(52)58/h1-39H. The minimum Gasteiger partial charge on any atom is -0.310 e. The van der Waals surface area contributed by atoms with E-state index in [0.29, 0.717) is 0 Å². The number of hydrogen-bond donors (Lipinski definition) is 0. The highest BCUT2D eigenvalue weighted by molar-refractivity contribution is 6.22. The van der Waals surface area contributed by atoms with E-state index in [9.17, 15) is 0 Å². The second-order valence-corrected chi connectivity index (χ2v) is 16.0. The Morgan fingerprint density at radius 3 is 1.39 bits per heavy atom. The van der Waals surface area contributed by atoms with Crippen LogP contribution in [0.3, 0.4) is 0 Å². The van der Waals surface area contributed by atoms with Crippen LogP contribution in [-0.4, -0.2) is 0 Å². The van der Waals surface area contributed by atoms with Crippen molar-refractivity contribution in [3.8, 4) is 33.4 Å². The molecule has 12 aromatic rings. The zero-order valence-electron chi connectivity index (χ0n) is 33.5. The Morgan fingerprint density at radius 2 is 0.672 bits per heavy atom. The van der Waals surface area contributed by atoms with Gasteiger partial charge in [0.2, 0.25) is 0 Å². The Bertz CT molecular complexity index is 3630. The fourth-order valence-electron chi connectivity index (χ4n) is 9.77. The highest BCUT2D eigenvalue weighted by Crippen LogP contribution is 2.47. The van der Waals surface area contributed by atoms with Crippen LogP contribution in [0.4, 0.5) is 17.1 Å². The van der Waals surface area contributed by atoms with Crippen molar-refractivity contribution in [2.24, 2.45) is 0 Å². The smallest absolute Gasteiger partial charge is 0.0540 e. The molecule has 61 heavy (non-hydrogen) atoms. The summed E-state index contributed by atoms with van der Waals surface area (Å²) >= 11 is 0. The molecule has 0 aliphatic rings. The predicted octanol–water partition coefficient (Wildman–Crippen LogP) is 17.1. The maximum absolute atomic E-state index is 2.43. The van der Waals surface area contributed by atoms with E-state index in [1.165, 1.54) is 98.0 Å². The molecule has 1 heteroatoms. The maximum atomic E-state index is 2.43. The molecule has 12 rings (SSSR count). The molecule has 1 nitrogen and oxygen atoms in total. The molecule has 0 N–H and O–H groups in total. The van der Waals surface area contributed by atoms with Crippen LogP contribution in [-0.2, 0) is 0 Å². The van der Waals surface area contributed by atoms with E-state index in [-0.39, 0.29) is 0 Å². The van der Waals surface area contributed by atoms with Crippen LogP contribution in [0.15, 0.2) is 237 Å². The number of nitrogens with zero attached hydrogens (tertiary/aromatic N) is 1. The number of hydrogen-bond acceptors (Lipinski definition) is 1. The third kappa shape index (κ3) is 5.86. The van der Waals surface area contributed by atoms with Crippen molar-refractivity contribution >= 4 is 81.7 Å². The zero-order valence-corrected chi connectivity index (χ0v) is 33.5. The van der Waals surface area contributed by atoms with Crippen LogP contribution in [0.1, 0.15) is 0 Å². The highest BCUT2D eigenvalue weighted by atomic mass is 15.1. The van der Waals surface area contributed by atoms with Crippen molar-refractivity contribution in [2.45, 2.75) is 0 Å². The van der Waals surface area contributed by atoms with Gasteiger partial charge < -0.3 is 4.90 Å². The Hall–Kier alpha value is -8.00. The Kier molecular flexibility index (Phi) is 8.25. The molecule has 0 aromatic heterocycles. The van der Waals surface area contributed by atoms with Crippen LogP contribution >= 0.6 is 0 Å². The molecule has 0 heterocycles. The molecule has 0 fully saturated rings. The topological polar surface area (TPSA) is 3.24 Å². The van der Waals surface area contributed by atoms with Gasteiger partial charge in [0.15, 0.2) is 0 Å². The van der Waals surface area contributed by atoms with Gasteiger partial charge in [-0.25, -0.2) is 0 Å².